The molecule has 0 aliphatic heterocycles. The number of hydrogen-bond acceptors (Lipinski definition) is 2. The average molecular weight is 152 g/mol. The third-order valence-electron chi connectivity index (χ3n) is 3.26. The van der Waals surface area contributed by atoms with Crippen molar-refractivity contribution in [2.45, 2.75) is 32.1 Å². The first kappa shape index (κ1) is 7.01. The summed E-state index contributed by atoms with van der Waals surface area (Å²) >= 11 is 0. The summed E-state index contributed by atoms with van der Waals surface area (Å²) in [5, 5.41) is 0. The van der Waals surface area contributed by atoms with Crippen LogP contribution in [0, 0.1) is 10.8 Å². The molecule has 0 N–H and O–H groups in total. The fraction of sp³-hybridized carbons (Fsp3) is 0.778. The first-order valence-corrected chi connectivity index (χ1v) is 4.17. The molecule has 0 aromatic heterocycles. The standard InChI is InChI=1S/C9H12O2/c10-6-8-2-1-3-9(4-8,5-8)7-11/h6-7H,1-5H2. The van der Waals surface area contributed by atoms with Crippen molar-refractivity contribution in [3.8, 4) is 0 Å². The first-order chi connectivity index (χ1) is 5.24. The minimum absolute atomic E-state index is 0.0842. The molecule has 2 nitrogen and oxygen atoms in total. The Balaban J connectivity index is 2.17. The fourth-order valence-corrected chi connectivity index (χ4v) is 2.78. The van der Waals surface area contributed by atoms with Gasteiger partial charge in [0.2, 0.25) is 0 Å². The molecule has 0 aromatic rings. The van der Waals surface area contributed by atoms with Crippen LogP contribution in [0.4, 0.5) is 0 Å². The zero-order chi connectivity index (χ0) is 7.95. The smallest absolute Gasteiger partial charge is 0.126 e. The molecule has 3 saturated carbocycles. The zero-order valence-electron chi connectivity index (χ0n) is 6.51. The van der Waals surface area contributed by atoms with Gasteiger partial charge in [0.15, 0.2) is 0 Å². The van der Waals surface area contributed by atoms with E-state index in [-0.39, 0.29) is 10.8 Å². The highest BCUT2D eigenvalue weighted by molar-refractivity contribution is 5.71. The quantitative estimate of drug-likeness (QED) is 0.559. The largest absolute Gasteiger partial charge is 0.303 e. The van der Waals surface area contributed by atoms with Crippen LogP contribution >= 0.6 is 0 Å². The van der Waals surface area contributed by atoms with Crippen LogP contribution in [0.1, 0.15) is 32.1 Å². The van der Waals surface area contributed by atoms with Crippen LogP contribution in [-0.4, -0.2) is 12.6 Å². The van der Waals surface area contributed by atoms with Crippen molar-refractivity contribution in [1.82, 2.24) is 0 Å². The molecule has 0 unspecified atom stereocenters. The van der Waals surface area contributed by atoms with Crippen LogP contribution in [0.2, 0.25) is 0 Å². The Bertz CT molecular complexity index is 182. The van der Waals surface area contributed by atoms with Gasteiger partial charge in [0.05, 0.1) is 0 Å². The maximum Gasteiger partial charge on any atom is 0.126 e. The topological polar surface area (TPSA) is 34.1 Å². The molecule has 3 fully saturated rings. The monoisotopic (exact) mass is 152 g/mol. The summed E-state index contributed by atoms with van der Waals surface area (Å²) in [5.74, 6) is 0. The van der Waals surface area contributed by atoms with Crippen molar-refractivity contribution in [2.24, 2.45) is 10.8 Å². The molecular weight excluding hydrogens is 140 g/mol. The average Bonchev–Trinajstić information content (AvgIpc) is 2.04. The summed E-state index contributed by atoms with van der Waals surface area (Å²) < 4.78 is 0. The highest BCUT2D eigenvalue weighted by Gasteiger charge is 2.57. The van der Waals surface area contributed by atoms with Crippen molar-refractivity contribution in [2.75, 3.05) is 0 Å². The summed E-state index contributed by atoms with van der Waals surface area (Å²) in [6, 6.07) is 0. The van der Waals surface area contributed by atoms with Gasteiger partial charge in [0, 0.05) is 10.8 Å². The van der Waals surface area contributed by atoms with Gasteiger partial charge in [-0.3, -0.25) is 0 Å². The second kappa shape index (κ2) is 1.93. The van der Waals surface area contributed by atoms with E-state index < -0.39 is 0 Å². The number of hydrogen-bond donors (Lipinski definition) is 0. The number of fused-ring (bicyclic) bond motifs is 2. The second-order valence-electron chi connectivity index (χ2n) is 4.17. The summed E-state index contributed by atoms with van der Waals surface area (Å²) in [4.78, 5) is 21.3. The molecule has 0 amide bonds. The van der Waals surface area contributed by atoms with Gasteiger partial charge < -0.3 is 9.59 Å². The van der Waals surface area contributed by atoms with Crippen LogP contribution < -0.4 is 0 Å². The van der Waals surface area contributed by atoms with E-state index in [2.05, 4.69) is 0 Å². The van der Waals surface area contributed by atoms with Crippen molar-refractivity contribution < 1.29 is 9.59 Å². The SMILES string of the molecule is O=CC12CCCC(C=O)(C1)C2. The van der Waals surface area contributed by atoms with E-state index in [1.807, 2.05) is 0 Å². The van der Waals surface area contributed by atoms with Crippen molar-refractivity contribution in [3.05, 3.63) is 0 Å². The Morgan fingerprint density at radius 1 is 0.909 bits per heavy atom. The van der Waals surface area contributed by atoms with E-state index in [9.17, 15) is 9.59 Å². The van der Waals surface area contributed by atoms with Crippen molar-refractivity contribution >= 4 is 12.6 Å². The number of carbonyl (C=O) groups excluding carboxylic acids is 2. The van der Waals surface area contributed by atoms with Gasteiger partial charge in [0.25, 0.3) is 0 Å². The summed E-state index contributed by atoms with van der Waals surface area (Å²) in [7, 11) is 0. The second-order valence-corrected chi connectivity index (χ2v) is 4.17. The minimum atomic E-state index is -0.0842. The maximum absolute atomic E-state index is 10.7. The number of carbonyl (C=O) groups is 2. The van der Waals surface area contributed by atoms with Gasteiger partial charge >= 0.3 is 0 Å². The molecule has 2 bridgehead atoms. The van der Waals surface area contributed by atoms with Crippen LogP contribution in [0.15, 0.2) is 0 Å². The van der Waals surface area contributed by atoms with Gasteiger partial charge in [-0.25, -0.2) is 0 Å². The predicted octanol–water partition coefficient (Wildman–Crippen LogP) is 1.33. The van der Waals surface area contributed by atoms with Crippen LogP contribution in [0.25, 0.3) is 0 Å². The first-order valence-electron chi connectivity index (χ1n) is 4.17. The van der Waals surface area contributed by atoms with E-state index in [0.29, 0.717) is 0 Å². The lowest BCUT2D eigenvalue weighted by Gasteiger charge is -2.55. The molecule has 0 saturated heterocycles. The Hall–Kier alpha value is -0.660. The normalized spacial score (nSPS) is 47.6. The summed E-state index contributed by atoms with van der Waals surface area (Å²) in [6.45, 7) is 0. The lowest BCUT2D eigenvalue weighted by atomic mass is 9.47. The number of rotatable bonds is 2. The molecule has 3 aliphatic carbocycles. The summed E-state index contributed by atoms with van der Waals surface area (Å²) in [5.41, 5.74) is -0.168. The highest BCUT2D eigenvalue weighted by Crippen LogP contribution is 2.61. The minimum Gasteiger partial charge on any atom is -0.303 e. The molecule has 0 spiro atoms. The maximum atomic E-state index is 10.7. The Labute approximate surface area is 66.0 Å². The van der Waals surface area contributed by atoms with Crippen molar-refractivity contribution in [3.63, 3.8) is 0 Å². The molecule has 0 aromatic carbocycles. The van der Waals surface area contributed by atoms with Gasteiger partial charge in [-0.1, -0.05) is 6.42 Å². The Morgan fingerprint density at radius 2 is 1.36 bits per heavy atom. The molecule has 0 radical (unpaired) electrons. The molecule has 60 valence electrons. The molecule has 0 atom stereocenters. The zero-order valence-corrected chi connectivity index (χ0v) is 6.51. The van der Waals surface area contributed by atoms with Crippen LogP contribution in [0.3, 0.4) is 0 Å². The molecule has 3 aliphatic rings. The fourth-order valence-electron chi connectivity index (χ4n) is 2.78. The van der Waals surface area contributed by atoms with Gasteiger partial charge in [0.1, 0.15) is 12.6 Å². The molecular formula is C9H12O2. The van der Waals surface area contributed by atoms with Crippen LogP contribution in [0.5, 0.6) is 0 Å². The third-order valence-corrected chi connectivity index (χ3v) is 3.26. The van der Waals surface area contributed by atoms with E-state index >= 15 is 0 Å². The number of aldehydes is 2. The highest BCUT2D eigenvalue weighted by atomic mass is 16.1. The van der Waals surface area contributed by atoms with E-state index in [1.54, 1.807) is 0 Å². The molecule has 11 heavy (non-hydrogen) atoms. The third kappa shape index (κ3) is 0.784. The summed E-state index contributed by atoms with van der Waals surface area (Å²) in [6.07, 6.45) is 6.84. The van der Waals surface area contributed by atoms with Crippen LogP contribution in [-0.2, 0) is 9.59 Å². The lowest BCUT2D eigenvalue weighted by molar-refractivity contribution is -0.149. The predicted molar refractivity (Wildman–Crippen MR) is 40.1 cm³/mol. The van der Waals surface area contributed by atoms with E-state index in [4.69, 9.17) is 0 Å². The van der Waals surface area contributed by atoms with Gasteiger partial charge in [-0.2, -0.15) is 0 Å². The Morgan fingerprint density at radius 3 is 1.73 bits per heavy atom. The molecule has 3 rings (SSSR count). The van der Waals surface area contributed by atoms with E-state index in [1.165, 1.54) is 0 Å². The van der Waals surface area contributed by atoms with Gasteiger partial charge in [-0.05, 0) is 25.7 Å². The van der Waals surface area contributed by atoms with Gasteiger partial charge in [-0.15, -0.1) is 0 Å². The molecule has 2 heteroatoms. The van der Waals surface area contributed by atoms with E-state index in [0.717, 1.165) is 44.7 Å². The van der Waals surface area contributed by atoms with Crippen molar-refractivity contribution in [1.29, 1.82) is 0 Å². The Kier molecular flexibility index (Phi) is 1.23. The lowest BCUT2D eigenvalue weighted by Crippen LogP contribution is -2.52. The molecule has 0 heterocycles.